The molecule has 4 rings (SSSR count). The molecule has 2 unspecified atom stereocenters. The molecule has 0 radical (unpaired) electrons. The Kier molecular flexibility index (Phi) is 3.45. The first-order chi connectivity index (χ1) is 10.1. The summed E-state index contributed by atoms with van der Waals surface area (Å²) >= 11 is 0. The van der Waals surface area contributed by atoms with Crippen LogP contribution in [0, 0.1) is 34.5 Å². The second-order valence-corrected chi connectivity index (χ2v) is 9.39. The maximum Gasteiger partial charge on any atom is 0.0579 e. The molecule has 120 valence electrons. The quantitative estimate of drug-likeness (QED) is 0.625. The summed E-state index contributed by atoms with van der Waals surface area (Å²) in [5, 5.41) is 0. The van der Waals surface area contributed by atoms with Crippen LogP contribution in [0.4, 0.5) is 0 Å². The van der Waals surface area contributed by atoms with E-state index >= 15 is 0 Å². The Morgan fingerprint density at radius 1 is 0.905 bits per heavy atom. The van der Waals surface area contributed by atoms with Crippen LogP contribution in [0.5, 0.6) is 0 Å². The highest BCUT2D eigenvalue weighted by atomic mass is 16.5. The normalized spacial score (nSPS) is 56.4. The predicted molar refractivity (Wildman–Crippen MR) is 87.1 cm³/mol. The minimum Gasteiger partial charge on any atom is -0.381 e. The van der Waals surface area contributed by atoms with Crippen molar-refractivity contribution in [2.24, 2.45) is 34.5 Å². The van der Waals surface area contributed by atoms with Gasteiger partial charge in [-0.1, -0.05) is 26.7 Å². The molecular weight excluding hydrogens is 256 g/mol. The third-order valence-electron chi connectivity index (χ3n) is 8.65. The van der Waals surface area contributed by atoms with Gasteiger partial charge in [-0.3, -0.25) is 0 Å². The molecule has 4 aliphatic rings. The van der Waals surface area contributed by atoms with Crippen molar-refractivity contribution >= 4 is 0 Å². The number of hydrogen-bond acceptors (Lipinski definition) is 1. The Bertz CT molecular complexity index is 405. The lowest BCUT2D eigenvalue weighted by atomic mass is 9.45. The molecule has 4 saturated carbocycles. The summed E-state index contributed by atoms with van der Waals surface area (Å²) < 4.78 is 5.78. The highest BCUT2D eigenvalue weighted by Gasteiger charge is 2.58. The summed E-state index contributed by atoms with van der Waals surface area (Å²) in [5.41, 5.74) is 1.29. The van der Waals surface area contributed by atoms with E-state index in [1.54, 1.807) is 0 Å². The van der Waals surface area contributed by atoms with Gasteiger partial charge in [0.15, 0.2) is 0 Å². The third kappa shape index (κ3) is 2.06. The first-order valence-electron chi connectivity index (χ1n) is 9.60. The minimum absolute atomic E-state index is 0.552. The van der Waals surface area contributed by atoms with Crippen LogP contribution >= 0.6 is 0 Å². The van der Waals surface area contributed by atoms with Crippen molar-refractivity contribution in [2.75, 3.05) is 7.11 Å². The molecule has 0 aromatic rings. The highest BCUT2D eigenvalue weighted by Crippen LogP contribution is 2.66. The fourth-order valence-electron chi connectivity index (χ4n) is 7.47. The molecule has 7 atom stereocenters. The van der Waals surface area contributed by atoms with Crippen molar-refractivity contribution in [1.82, 2.24) is 0 Å². The Labute approximate surface area is 131 Å². The van der Waals surface area contributed by atoms with Gasteiger partial charge in [0.1, 0.15) is 0 Å². The minimum atomic E-state index is 0.552. The van der Waals surface area contributed by atoms with E-state index < -0.39 is 0 Å². The maximum atomic E-state index is 5.78. The van der Waals surface area contributed by atoms with E-state index in [4.69, 9.17) is 4.74 Å². The monoisotopic (exact) mass is 290 g/mol. The molecule has 1 heteroatoms. The summed E-state index contributed by atoms with van der Waals surface area (Å²) in [6.45, 7) is 5.27. The Morgan fingerprint density at radius 3 is 2.57 bits per heavy atom. The van der Waals surface area contributed by atoms with E-state index in [1.165, 1.54) is 64.2 Å². The lowest BCUT2D eigenvalue weighted by Crippen LogP contribution is -2.51. The summed E-state index contributed by atoms with van der Waals surface area (Å²) in [7, 11) is 1.93. The number of methoxy groups -OCH3 is 1. The molecule has 0 N–H and O–H groups in total. The molecule has 0 amide bonds. The van der Waals surface area contributed by atoms with Gasteiger partial charge in [0, 0.05) is 7.11 Å². The van der Waals surface area contributed by atoms with Gasteiger partial charge in [-0.25, -0.2) is 0 Å². The van der Waals surface area contributed by atoms with Crippen molar-refractivity contribution in [2.45, 2.75) is 84.2 Å². The van der Waals surface area contributed by atoms with Crippen molar-refractivity contribution in [3.05, 3.63) is 0 Å². The standard InChI is InChI=1S/C20H34O/c1-19-11-9-17-16(18(19)12-15(13-19)21-3)8-7-14-6-4-5-10-20(14,17)2/h14-18H,4-13H2,1-3H3/t14?,15?,16-,17-,18+,19-,20+/m1/s1. The van der Waals surface area contributed by atoms with Crippen LogP contribution in [-0.4, -0.2) is 13.2 Å². The van der Waals surface area contributed by atoms with Gasteiger partial charge in [0.2, 0.25) is 0 Å². The average molecular weight is 290 g/mol. The molecule has 0 bridgehead atoms. The number of hydrogen-bond donors (Lipinski definition) is 0. The van der Waals surface area contributed by atoms with Crippen LogP contribution < -0.4 is 0 Å². The Hall–Kier alpha value is -0.0400. The molecule has 1 nitrogen and oxygen atoms in total. The summed E-state index contributed by atoms with van der Waals surface area (Å²) in [4.78, 5) is 0. The number of ether oxygens (including phenoxy) is 1. The average Bonchev–Trinajstić information content (AvgIpc) is 2.83. The molecule has 0 saturated heterocycles. The zero-order valence-corrected chi connectivity index (χ0v) is 14.4. The first kappa shape index (κ1) is 14.5. The molecule has 0 aliphatic heterocycles. The van der Waals surface area contributed by atoms with E-state index in [9.17, 15) is 0 Å². The smallest absolute Gasteiger partial charge is 0.0579 e. The van der Waals surface area contributed by atoms with E-state index in [1.807, 2.05) is 7.11 Å². The molecule has 0 aromatic heterocycles. The van der Waals surface area contributed by atoms with Crippen LogP contribution in [0.3, 0.4) is 0 Å². The van der Waals surface area contributed by atoms with Crippen LogP contribution in [0.1, 0.15) is 78.1 Å². The van der Waals surface area contributed by atoms with Crippen molar-refractivity contribution < 1.29 is 4.74 Å². The number of rotatable bonds is 1. The molecule has 0 heterocycles. The summed E-state index contributed by atoms with van der Waals surface area (Å²) in [6.07, 6.45) is 15.3. The lowest BCUT2D eigenvalue weighted by molar-refractivity contribution is -0.103. The molecule has 4 fully saturated rings. The zero-order chi connectivity index (χ0) is 14.7. The molecule has 4 aliphatic carbocycles. The van der Waals surface area contributed by atoms with Gasteiger partial charge < -0.3 is 4.74 Å². The Balaban J connectivity index is 1.61. The summed E-state index contributed by atoms with van der Waals surface area (Å²) in [5.74, 6) is 4.06. The largest absolute Gasteiger partial charge is 0.381 e. The fourth-order valence-corrected chi connectivity index (χ4v) is 7.47. The van der Waals surface area contributed by atoms with E-state index in [2.05, 4.69) is 13.8 Å². The number of fused-ring (bicyclic) bond motifs is 5. The van der Waals surface area contributed by atoms with E-state index in [0.29, 0.717) is 16.9 Å². The van der Waals surface area contributed by atoms with Crippen LogP contribution in [0.2, 0.25) is 0 Å². The van der Waals surface area contributed by atoms with Gasteiger partial charge in [-0.15, -0.1) is 0 Å². The summed E-state index contributed by atoms with van der Waals surface area (Å²) in [6, 6.07) is 0. The molecular formula is C20H34O. The fraction of sp³-hybridized carbons (Fsp3) is 1.00. The van der Waals surface area contributed by atoms with Crippen LogP contribution in [0.25, 0.3) is 0 Å². The highest BCUT2D eigenvalue weighted by molar-refractivity contribution is 5.08. The third-order valence-corrected chi connectivity index (χ3v) is 8.65. The van der Waals surface area contributed by atoms with Crippen molar-refractivity contribution in [3.63, 3.8) is 0 Å². The van der Waals surface area contributed by atoms with Crippen molar-refractivity contribution in [3.8, 4) is 0 Å². The van der Waals surface area contributed by atoms with Gasteiger partial charge in [-0.05, 0) is 85.9 Å². The SMILES string of the molecule is COC1C[C@H]2[C@@H]3CCC4CCCC[C@]4(C)[C@@H]3CC[C@]2(C)C1. The topological polar surface area (TPSA) is 9.23 Å². The van der Waals surface area contributed by atoms with Gasteiger partial charge in [-0.2, -0.15) is 0 Å². The van der Waals surface area contributed by atoms with E-state index in [-0.39, 0.29) is 0 Å². The second-order valence-electron chi connectivity index (χ2n) is 9.39. The molecule has 0 spiro atoms. The van der Waals surface area contributed by atoms with Crippen LogP contribution in [-0.2, 0) is 4.74 Å². The zero-order valence-electron chi connectivity index (χ0n) is 14.4. The van der Waals surface area contributed by atoms with Crippen molar-refractivity contribution in [1.29, 1.82) is 0 Å². The first-order valence-corrected chi connectivity index (χ1v) is 9.60. The van der Waals surface area contributed by atoms with Crippen LogP contribution in [0.15, 0.2) is 0 Å². The molecule has 21 heavy (non-hydrogen) atoms. The Morgan fingerprint density at radius 2 is 1.76 bits per heavy atom. The predicted octanol–water partition coefficient (Wildman–Crippen LogP) is 5.43. The lowest BCUT2D eigenvalue weighted by Gasteiger charge is -2.60. The van der Waals surface area contributed by atoms with Gasteiger partial charge >= 0.3 is 0 Å². The van der Waals surface area contributed by atoms with E-state index in [0.717, 1.165) is 23.7 Å². The molecule has 0 aromatic carbocycles. The van der Waals surface area contributed by atoms with Gasteiger partial charge in [0.25, 0.3) is 0 Å². The second kappa shape index (κ2) is 4.98. The maximum absolute atomic E-state index is 5.78. The van der Waals surface area contributed by atoms with Gasteiger partial charge in [0.05, 0.1) is 6.10 Å².